The quantitative estimate of drug-likeness (QED) is 0.842. The summed E-state index contributed by atoms with van der Waals surface area (Å²) in [5, 5.41) is 0. The van der Waals surface area contributed by atoms with Gasteiger partial charge in [0.15, 0.2) is 0 Å². The van der Waals surface area contributed by atoms with Crippen LogP contribution in [-0.4, -0.2) is 5.91 Å². The van der Waals surface area contributed by atoms with Crippen LogP contribution in [0.3, 0.4) is 0 Å². The van der Waals surface area contributed by atoms with Crippen molar-refractivity contribution in [1.29, 1.82) is 0 Å². The molecule has 0 radical (unpaired) electrons. The topological polar surface area (TPSA) is 46.3 Å². The highest BCUT2D eigenvalue weighted by atomic mass is 79.9. The molecule has 2 N–H and O–H groups in total. The number of amides is 1. The Bertz CT molecular complexity index is 717. The number of carbonyl (C=O) groups is 1. The lowest BCUT2D eigenvalue weighted by atomic mass is 10.00. The van der Waals surface area contributed by atoms with Gasteiger partial charge in [0.05, 0.1) is 6.54 Å². The van der Waals surface area contributed by atoms with Crippen LogP contribution in [0.5, 0.6) is 0 Å². The Labute approximate surface area is 130 Å². The van der Waals surface area contributed by atoms with Crippen molar-refractivity contribution < 1.29 is 9.18 Å². The first-order valence-electron chi connectivity index (χ1n) is 6.67. The Morgan fingerprint density at radius 2 is 2.00 bits per heavy atom. The number of hydrogen-bond donors (Lipinski definition) is 1. The molecule has 0 saturated heterocycles. The lowest BCUT2D eigenvalue weighted by molar-refractivity contribution is -0.119. The van der Waals surface area contributed by atoms with E-state index in [-0.39, 0.29) is 11.7 Å². The van der Waals surface area contributed by atoms with Crippen LogP contribution < -0.4 is 10.6 Å². The Hall–Kier alpha value is -1.88. The molecule has 108 valence electrons. The number of halogens is 2. The van der Waals surface area contributed by atoms with Crippen LogP contribution in [0.15, 0.2) is 40.9 Å². The summed E-state index contributed by atoms with van der Waals surface area (Å²) in [7, 11) is 0. The molecule has 0 aliphatic carbocycles. The summed E-state index contributed by atoms with van der Waals surface area (Å²) < 4.78 is 14.2. The van der Waals surface area contributed by atoms with Gasteiger partial charge in [-0.05, 0) is 47.9 Å². The van der Waals surface area contributed by atoms with Gasteiger partial charge >= 0.3 is 0 Å². The second-order valence-electron chi connectivity index (χ2n) is 5.10. The van der Waals surface area contributed by atoms with Crippen LogP contribution in [-0.2, 0) is 17.8 Å². The molecule has 0 spiro atoms. The predicted octanol–water partition coefficient (Wildman–Crippen LogP) is 3.65. The van der Waals surface area contributed by atoms with Crippen molar-refractivity contribution in [2.75, 3.05) is 10.6 Å². The van der Waals surface area contributed by atoms with E-state index in [2.05, 4.69) is 15.9 Å². The van der Waals surface area contributed by atoms with E-state index >= 15 is 0 Å². The average Bonchev–Trinajstić information content (AvgIpc) is 2.44. The molecular formula is C16H14BrFN2O. The molecule has 3 rings (SSSR count). The predicted molar refractivity (Wildman–Crippen MR) is 84.5 cm³/mol. The Morgan fingerprint density at radius 3 is 2.76 bits per heavy atom. The van der Waals surface area contributed by atoms with E-state index in [1.54, 1.807) is 17.0 Å². The van der Waals surface area contributed by atoms with E-state index in [1.807, 2.05) is 12.1 Å². The fourth-order valence-corrected chi connectivity index (χ4v) is 3.09. The van der Waals surface area contributed by atoms with Crippen LogP contribution in [0.1, 0.15) is 17.5 Å². The molecule has 0 fully saturated rings. The van der Waals surface area contributed by atoms with Crippen LogP contribution in [0.2, 0.25) is 0 Å². The molecule has 0 bridgehead atoms. The van der Waals surface area contributed by atoms with E-state index in [0.717, 1.165) is 21.3 Å². The van der Waals surface area contributed by atoms with Gasteiger partial charge in [-0.3, -0.25) is 4.79 Å². The number of nitrogens with two attached hydrogens (primary N) is 1. The largest absolute Gasteiger partial charge is 0.399 e. The summed E-state index contributed by atoms with van der Waals surface area (Å²) in [6, 6.07) is 10.1. The van der Waals surface area contributed by atoms with E-state index in [0.29, 0.717) is 25.1 Å². The maximum absolute atomic E-state index is 13.3. The van der Waals surface area contributed by atoms with E-state index in [9.17, 15) is 9.18 Å². The molecule has 1 aliphatic rings. The molecule has 0 atom stereocenters. The number of carbonyl (C=O) groups excluding carboxylic acids is 1. The first-order chi connectivity index (χ1) is 10.0. The Balaban J connectivity index is 1.96. The minimum Gasteiger partial charge on any atom is -0.399 e. The monoisotopic (exact) mass is 348 g/mol. The second-order valence-corrected chi connectivity index (χ2v) is 5.96. The van der Waals surface area contributed by atoms with Crippen molar-refractivity contribution in [3.05, 3.63) is 57.8 Å². The zero-order chi connectivity index (χ0) is 15.0. The van der Waals surface area contributed by atoms with Crippen molar-refractivity contribution in [2.45, 2.75) is 19.4 Å². The molecule has 1 amide bonds. The summed E-state index contributed by atoms with van der Waals surface area (Å²) >= 11 is 3.47. The Morgan fingerprint density at radius 1 is 1.19 bits per heavy atom. The fraction of sp³-hybridized carbons (Fsp3) is 0.188. The highest BCUT2D eigenvalue weighted by Crippen LogP contribution is 2.31. The van der Waals surface area contributed by atoms with Crippen molar-refractivity contribution in [1.82, 2.24) is 0 Å². The first-order valence-corrected chi connectivity index (χ1v) is 7.46. The SMILES string of the molecule is Nc1ccc(CN2C(=O)CCc3cc(F)ccc32)c(Br)c1. The summed E-state index contributed by atoms with van der Waals surface area (Å²) in [6.07, 6.45) is 0.994. The van der Waals surface area contributed by atoms with E-state index < -0.39 is 0 Å². The molecule has 2 aromatic carbocycles. The van der Waals surface area contributed by atoms with Gasteiger partial charge in [-0.1, -0.05) is 22.0 Å². The minimum atomic E-state index is -0.267. The van der Waals surface area contributed by atoms with Gasteiger partial charge in [-0.2, -0.15) is 0 Å². The van der Waals surface area contributed by atoms with Gasteiger partial charge in [-0.15, -0.1) is 0 Å². The van der Waals surface area contributed by atoms with Gasteiger partial charge in [-0.25, -0.2) is 4.39 Å². The molecule has 1 aliphatic heterocycles. The highest BCUT2D eigenvalue weighted by molar-refractivity contribution is 9.10. The van der Waals surface area contributed by atoms with E-state index in [4.69, 9.17) is 5.73 Å². The maximum Gasteiger partial charge on any atom is 0.227 e. The minimum absolute atomic E-state index is 0.0535. The molecule has 1 heterocycles. The molecule has 2 aromatic rings. The summed E-state index contributed by atoms with van der Waals surface area (Å²) in [5.74, 6) is -0.213. The molecule has 0 unspecified atom stereocenters. The Kier molecular flexibility index (Phi) is 3.68. The van der Waals surface area contributed by atoms with Gasteiger partial charge < -0.3 is 10.6 Å². The molecule has 0 saturated carbocycles. The number of nitrogen functional groups attached to an aromatic ring is 1. The van der Waals surface area contributed by atoms with Crippen molar-refractivity contribution in [3.63, 3.8) is 0 Å². The standard InChI is InChI=1S/C16H14BrFN2O/c17-14-8-13(19)4-1-11(14)9-20-15-5-3-12(18)7-10(15)2-6-16(20)21/h1,3-5,7-8H,2,6,9,19H2. The summed E-state index contributed by atoms with van der Waals surface area (Å²) in [6.45, 7) is 0.443. The lowest BCUT2D eigenvalue weighted by Crippen LogP contribution is -2.34. The summed E-state index contributed by atoms with van der Waals surface area (Å²) in [4.78, 5) is 13.9. The van der Waals surface area contributed by atoms with Crippen molar-refractivity contribution in [3.8, 4) is 0 Å². The fourth-order valence-electron chi connectivity index (χ4n) is 2.56. The number of benzene rings is 2. The maximum atomic E-state index is 13.3. The molecule has 5 heteroatoms. The molecule has 0 aromatic heterocycles. The van der Waals surface area contributed by atoms with Gasteiger partial charge in [0.2, 0.25) is 5.91 Å². The van der Waals surface area contributed by atoms with Gasteiger partial charge in [0.25, 0.3) is 0 Å². The zero-order valence-corrected chi connectivity index (χ0v) is 12.9. The van der Waals surface area contributed by atoms with E-state index in [1.165, 1.54) is 12.1 Å². The number of nitrogens with zero attached hydrogens (tertiary/aromatic N) is 1. The zero-order valence-electron chi connectivity index (χ0n) is 11.3. The van der Waals surface area contributed by atoms with Crippen molar-refractivity contribution >= 4 is 33.2 Å². The van der Waals surface area contributed by atoms with Crippen LogP contribution in [0, 0.1) is 5.82 Å². The van der Waals surface area contributed by atoms with Crippen molar-refractivity contribution in [2.24, 2.45) is 0 Å². The number of rotatable bonds is 2. The van der Waals surface area contributed by atoms with Crippen LogP contribution in [0.25, 0.3) is 0 Å². The smallest absolute Gasteiger partial charge is 0.227 e. The van der Waals surface area contributed by atoms with Crippen LogP contribution >= 0.6 is 15.9 Å². The highest BCUT2D eigenvalue weighted by Gasteiger charge is 2.25. The number of fused-ring (bicyclic) bond motifs is 1. The molecular weight excluding hydrogens is 335 g/mol. The van der Waals surface area contributed by atoms with Gasteiger partial charge in [0.1, 0.15) is 5.82 Å². The number of anilines is 2. The second kappa shape index (κ2) is 5.48. The third-order valence-electron chi connectivity index (χ3n) is 3.65. The third kappa shape index (κ3) is 2.78. The third-order valence-corrected chi connectivity index (χ3v) is 4.39. The average molecular weight is 349 g/mol. The first kappa shape index (κ1) is 14.1. The molecule has 3 nitrogen and oxygen atoms in total. The van der Waals surface area contributed by atoms with Gasteiger partial charge in [0, 0.05) is 22.3 Å². The van der Waals surface area contributed by atoms with Crippen LogP contribution in [0.4, 0.5) is 15.8 Å². The lowest BCUT2D eigenvalue weighted by Gasteiger charge is -2.30. The molecule has 21 heavy (non-hydrogen) atoms. The number of aryl methyl sites for hydroxylation is 1. The summed E-state index contributed by atoms with van der Waals surface area (Å²) in [5.41, 5.74) is 9.03. The normalized spacial score (nSPS) is 14.2. The number of hydrogen-bond acceptors (Lipinski definition) is 2.